The summed E-state index contributed by atoms with van der Waals surface area (Å²) in [5.74, 6) is 0. The lowest BCUT2D eigenvalue weighted by Gasteiger charge is -2.28. The molecular weight excluding hydrogens is 156 g/mol. The fraction of sp³-hybridized carbons (Fsp3) is 0.692. The molecule has 0 radical (unpaired) electrons. The van der Waals surface area contributed by atoms with Crippen LogP contribution in [0.15, 0.2) is 23.8 Å². The normalized spacial score (nSPS) is 27.0. The molecule has 0 heteroatoms. The van der Waals surface area contributed by atoms with Gasteiger partial charge in [0.25, 0.3) is 0 Å². The van der Waals surface area contributed by atoms with Crippen molar-refractivity contribution >= 4 is 0 Å². The maximum atomic E-state index is 2.46. The Morgan fingerprint density at radius 1 is 1.08 bits per heavy atom. The third-order valence-electron chi connectivity index (χ3n) is 3.68. The molecule has 0 aromatic heterocycles. The van der Waals surface area contributed by atoms with E-state index >= 15 is 0 Å². The van der Waals surface area contributed by atoms with E-state index in [2.05, 4.69) is 25.2 Å². The average molecular weight is 176 g/mol. The Morgan fingerprint density at radius 3 is 2.31 bits per heavy atom. The SMILES string of the molecule is CC1(C2=CCC=C2)CCCCCC1. The summed E-state index contributed by atoms with van der Waals surface area (Å²) in [6.07, 6.45) is 16.8. The van der Waals surface area contributed by atoms with Gasteiger partial charge in [0.2, 0.25) is 0 Å². The van der Waals surface area contributed by atoms with Crippen molar-refractivity contribution in [3.63, 3.8) is 0 Å². The fourth-order valence-electron chi connectivity index (χ4n) is 2.70. The van der Waals surface area contributed by atoms with Gasteiger partial charge in [-0.1, -0.05) is 50.8 Å². The van der Waals surface area contributed by atoms with Crippen LogP contribution in [0.3, 0.4) is 0 Å². The van der Waals surface area contributed by atoms with E-state index in [0.717, 1.165) is 0 Å². The summed E-state index contributed by atoms with van der Waals surface area (Å²) >= 11 is 0. The molecule has 0 unspecified atom stereocenters. The Balaban J connectivity index is 2.12. The molecule has 0 aromatic rings. The summed E-state index contributed by atoms with van der Waals surface area (Å²) in [6.45, 7) is 2.46. The van der Waals surface area contributed by atoms with Gasteiger partial charge in [0.05, 0.1) is 0 Å². The summed E-state index contributed by atoms with van der Waals surface area (Å²) in [4.78, 5) is 0. The van der Waals surface area contributed by atoms with Gasteiger partial charge in [0, 0.05) is 0 Å². The van der Waals surface area contributed by atoms with E-state index in [1.807, 2.05) is 0 Å². The van der Waals surface area contributed by atoms with Crippen molar-refractivity contribution < 1.29 is 0 Å². The van der Waals surface area contributed by atoms with Gasteiger partial charge in [-0.3, -0.25) is 0 Å². The first-order valence-corrected chi connectivity index (χ1v) is 5.68. The van der Waals surface area contributed by atoms with Crippen LogP contribution in [0.1, 0.15) is 51.9 Å². The zero-order chi connectivity index (χ0) is 9.15. The molecule has 2 aliphatic rings. The second-order valence-electron chi connectivity index (χ2n) is 4.77. The molecule has 0 atom stereocenters. The quantitative estimate of drug-likeness (QED) is 0.524. The highest BCUT2D eigenvalue weighted by atomic mass is 14.3. The highest BCUT2D eigenvalue weighted by molar-refractivity contribution is 5.32. The molecule has 0 bridgehead atoms. The first-order chi connectivity index (χ1) is 6.31. The van der Waals surface area contributed by atoms with Gasteiger partial charge in [0.1, 0.15) is 0 Å². The van der Waals surface area contributed by atoms with Crippen LogP contribution in [-0.2, 0) is 0 Å². The second kappa shape index (κ2) is 3.69. The third kappa shape index (κ3) is 1.87. The second-order valence-corrected chi connectivity index (χ2v) is 4.77. The molecule has 2 aliphatic carbocycles. The molecule has 13 heavy (non-hydrogen) atoms. The molecule has 0 N–H and O–H groups in total. The van der Waals surface area contributed by atoms with Crippen LogP contribution >= 0.6 is 0 Å². The summed E-state index contributed by atoms with van der Waals surface area (Å²) < 4.78 is 0. The van der Waals surface area contributed by atoms with Crippen molar-refractivity contribution in [1.29, 1.82) is 0 Å². The number of hydrogen-bond acceptors (Lipinski definition) is 0. The number of rotatable bonds is 1. The van der Waals surface area contributed by atoms with E-state index in [-0.39, 0.29) is 0 Å². The van der Waals surface area contributed by atoms with E-state index in [1.165, 1.54) is 44.9 Å². The number of allylic oxidation sites excluding steroid dienone is 4. The maximum absolute atomic E-state index is 2.46. The zero-order valence-electron chi connectivity index (χ0n) is 8.68. The van der Waals surface area contributed by atoms with Crippen LogP contribution in [0.5, 0.6) is 0 Å². The van der Waals surface area contributed by atoms with Crippen LogP contribution in [-0.4, -0.2) is 0 Å². The molecule has 0 aromatic carbocycles. The molecule has 0 aliphatic heterocycles. The summed E-state index contributed by atoms with van der Waals surface area (Å²) in [5, 5.41) is 0. The Bertz CT molecular complexity index is 224. The van der Waals surface area contributed by atoms with Crippen molar-refractivity contribution in [2.45, 2.75) is 51.9 Å². The molecule has 0 heterocycles. The first-order valence-electron chi connectivity index (χ1n) is 5.68. The van der Waals surface area contributed by atoms with Crippen LogP contribution < -0.4 is 0 Å². The predicted octanol–water partition coefficient (Wildman–Crippen LogP) is 4.23. The average Bonchev–Trinajstić information content (AvgIpc) is 2.57. The van der Waals surface area contributed by atoms with E-state index in [4.69, 9.17) is 0 Å². The van der Waals surface area contributed by atoms with E-state index in [0.29, 0.717) is 5.41 Å². The van der Waals surface area contributed by atoms with Gasteiger partial charge in [-0.05, 0) is 30.3 Å². The van der Waals surface area contributed by atoms with E-state index in [9.17, 15) is 0 Å². The maximum Gasteiger partial charge on any atom is -0.00784 e. The van der Waals surface area contributed by atoms with Crippen molar-refractivity contribution in [2.75, 3.05) is 0 Å². The molecule has 0 saturated heterocycles. The lowest BCUT2D eigenvalue weighted by Crippen LogP contribution is -2.16. The molecule has 72 valence electrons. The molecular formula is C13H20. The molecule has 1 fully saturated rings. The Hall–Kier alpha value is -0.520. The first kappa shape index (κ1) is 9.05. The Labute approximate surface area is 81.7 Å². The minimum Gasteiger partial charge on any atom is -0.0804 e. The topological polar surface area (TPSA) is 0 Å². The molecule has 0 amide bonds. The molecule has 0 nitrogen and oxygen atoms in total. The Kier molecular flexibility index (Phi) is 2.57. The van der Waals surface area contributed by atoms with Gasteiger partial charge in [-0.15, -0.1) is 0 Å². The molecule has 2 rings (SSSR count). The van der Waals surface area contributed by atoms with Crippen molar-refractivity contribution in [3.05, 3.63) is 23.8 Å². The van der Waals surface area contributed by atoms with Gasteiger partial charge in [-0.2, -0.15) is 0 Å². The standard InChI is InChI=1S/C13H20/c1-13(12-8-4-5-9-12)10-6-2-3-7-11-13/h4,8-9H,2-3,5-7,10-11H2,1H3. The zero-order valence-corrected chi connectivity index (χ0v) is 8.68. The van der Waals surface area contributed by atoms with Crippen molar-refractivity contribution in [3.8, 4) is 0 Å². The van der Waals surface area contributed by atoms with E-state index < -0.39 is 0 Å². The van der Waals surface area contributed by atoms with Crippen LogP contribution in [0.25, 0.3) is 0 Å². The van der Waals surface area contributed by atoms with Gasteiger partial charge in [0.15, 0.2) is 0 Å². The lowest BCUT2D eigenvalue weighted by atomic mass is 9.76. The third-order valence-corrected chi connectivity index (χ3v) is 3.68. The van der Waals surface area contributed by atoms with Gasteiger partial charge < -0.3 is 0 Å². The van der Waals surface area contributed by atoms with Gasteiger partial charge in [-0.25, -0.2) is 0 Å². The largest absolute Gasteiger partial charge is 0.0804 e. The monoisotopic (exact) mass is 176 g/mol. The predicted molar refractivity (Wildman–Crippen MR) is 57.6 cm³/mol. The smallest absolute Gasteiger partial charge is 0.00784 e. The summed E-state index contributed by atoms with van der Waals surface area (Å²) in [6, 6.07) is 0. The van der Waals surface area contributed by atoms with Crippen molar-refractivity contribution in [1.82, 2.24) is 0 Å². The van der Waals surface area contributed by atoms with Gasteiger partial charge >= 0.3 is 0 Å². The van der Waals surface area contributed by atoms with Crippen LogP contribution in [0, 0.1) is 5.41 Å². The van der Waals surface area contributed by atoms with Crippen molar-refractivity contribution in [2.24, 2.45) is 5.41 Å². The fourth-order valence-corrected chi connectivity index (χ4v) is 2.70. The number of hydrogen-bond donors (Lipinski definition) is 0. The van der Waals surface area contributed by atoms with Crippen LogP contribution in [0.4, 0.5) is 0 Å². The summed E-state index contributed by atoms with van der Waals surface area (Å²) in [5.41, 5.74) is 2.14. The molecule has 0 spiro atoms. The van der Waals surface area contributed by atoms with Crippen LogP contribution in [0.2, 0.25) is 0 Å². The Morgan fingerprint density at radius 2 is 1.77 bits per heavy atom. The lowest BCUT2D eigenvalue weighted by molar-refractivity contribution is 0.351. The highest BCUT2D eigenvalue weighted by Gasteiger charge is 2.28. The minimum absolute atomic E-state index is 0.517. The highest BCUT2D eigenvalue weighted by Crippen LogP contribution is 2.42. The molecule has 1 saturated carbocycles. The van der Waals surface area contributed by atoms with E-state index in [1.54, 1.807) is 5.57 Å². The summed E-state index contributed by atoms with van der Waals surface area (Å²) in [7, 11) is 0. The minimum atomic E-state index is 0.517.